The van der Waals surface area contributed by atoms with E-state index >= 15 is 0 Å². The molecule has 1 aromatic rings. The second-order valence-corrected chi connectivity index (χ2v) is 4.86. The molecule has 2 rings (SSSR count). The molecule has 0 unspecified atom stereocenters. The van der Waals surface area contributed by atoms with Crippen LogP contribution in [0.2, 0.25) is 0 Å². The lowest BCUT2D eigenvalue weighted by Crippen LogP contribution is -2.28. The molecule has 3 heteroatoms. The van der Waals surface area contributed by atoms with E-state index in [1.807, 2.05) is 18.2 Å². The fraction of sp³-hybridized carbons (Fsp3) is 0.643. The maximum Gasteiger partial charge on any atom is 0.213 e. The highest BCUT2D eigenvalue weighted by Crippen LogP contribution is 2.34. The molecular formula is C14H21NO2. The standard InChI is InChI=1S/C14H21NO2/c1-17-13-9-7-8-12(15-13)14(16)10-5-3-2-4-6-11-14/h7-9,16H,2-6,10-11H2,1H3. The van der Waals surface area contributed by atoms with Crippen LogP contribution in [0.5, 0.6) is 5.88 Å². The minimum absolute atomic E-state index is 0.581. The van der Waals surface area contributed by atoms with E-state index < -0.39 is 5.60 Å². The molecule has 1 aliphatic rings. The first kappa shape index (κ1) is 12.4. The van der Waals surface area contributed by atoms with Crippen LogP contribution in [0.25, 0.3) is 0 Å². The zero-order valence-corrected chi connectivity index (χ0v) is 10.5. The Bertz CT molecular complexity index is 357. The molecule has 1 N–H and O–H groups in total. The van der Waals surface area contributed by atoms with E-state index in [1.165, 1.54) is 19.3 Å². The maximum absolute atomic E-state index is 10.7. The molecule has 1 aromatic heterocycles. The van der Waals surface area contributed by atoms with Crippen molar-refractivity contribution in [1.82, 2.24) is 4.98 Å². The third kappa shape index (κ3) is 2.97. The molecule has 1 saturated carbocycles. The van der Waals surface area contributed by atoms with Crippen molar-refractivity contribution in [3.8, 4) is 5.88 Å². The lowest BCUT2D eigenvalue weighted by molar-refractivity contribution is 0.00507. The van der Waals surface area contributed by atoms with Gasteiger partial charge in [-0.1, -0.05) is 38.2 Å². The maximum atomic E-state index is 10.7. The summed E-state index contributed by atoms with van der Waals surface area (Å²) in [6, 6.07) is 5.62. The van der Waals surface area contributed by atoms with E-state index in [0.717, 1.165) is 31.4 Å². The van der Waals surface area contributed by atoms with Crippen LogP contribution >= 0.6 is 0 Å². The van der Waals surface area contributed by atoms with Crippen molar-refractivity contribution in [3.63, 3.8) is 0 Å². The number of aromatic nitrogens is 1. The molecule has 0 aliphatic heterocycles. The van der Waals surface area contributed by atoms with Gasteiger partial charge in [-0.05, 0) is 18.9 Å². The van der Waals surface area contributed by atoms with Crippen molar-refractivity contribution in [3.05, 3.63) is 23.9 Å². The lowest BCUT2D eigenvalue weighted by atomic mass is 9.84. The Morgan fingerprint density at radius 2 is 1.76 bits per heavy atom. The van der Waals surface area contributed by atoms with Crippen LogP contribution in [0.4, 0.5) is 0 Å². The van der Waals surface area contributed by atoms with Crippen LogP contribution in [-0.2, 0) is 5.60 Å². The summed E-state index contributed by atoms with van der Waals surface area (Å²) in [4.78, 5) is 4.39. The lowest BCUT2D eigenvalue weighted by Gasteiger charge is -2.29. The minimum Gasteiger partial charge on any atom is -0.481 e. The molecule has 0 radical (unpaired) electrons. The highest BCUT2D eigenvalue weighted by Gasteiger charge is 2.30. The average molecular weight is 235 g/mol. The number of hydrogen-bond acceptors (Lipinski definition) is 3. The molecule has 0 bridgehead atoms. The molecule has 3 nitrogen and oxygen atoms in total. The monoisotopic (exact) mass is 235 g/mol. The number of ether oxygens (including phenoxy) is 1. The SMILES string of the molecule is COc1cccc(C2(O)CCCCCCC2)n1. The number of aliphatic hydroxyl groups is 1. The highest BCUT2D eigenvalue weighted by atomic mass is 16.5. The van der Waals surface area contributed by atoms with Crippen molar-refractivity contribution in [2.24, 2.45) is 0 Å². The number of nitrogens with zero attached hydrogens (tertiary/aromatic N) is 1. The Balaban J connectivity index is 2.21. The predicted octanol–water partition coefficient (Wildman–Crippen LogP) is 3.02. The molecule has 1 aliphatic carbocycles. The number of rotatable bonds is 2. The van der Waals surface area contributed by atoms with Gasteiger partial charge < -0.3 is 9.84 Å². The smallest absolute Gasteiger partial charge is 0.213 e. The summed E-state index contributed by atoms with van der Waals surface area (Å²) in [6.45, 7) is 0. The van der Waals surface area contributed by atoms with E-state index in [-0.39, 0.29) is 0 Å². The van der Waals surface area contributed by atoms with E-state index in [9.17, 15) is 5.11 Å². The first-order chi connectivity index (χ1) is 8.24. The van der Waals surface area contributed by atoms with Gasteiger partial charge in [0.2, 0.25) is 5.88 Å². The van der Waals surface area contributed by atoms with Crippen molar-refractivity contribution in [2.75, 3.05) is 7.11 Å². The highest BCUT2D eigenvalue weighted by molar-refractivity contribution is 5.20. The number of methoxy groups -OCH3 is 1. The average Bonchev–Trinajstić information content (AvgIpc) is 2.34. The summed E-state index contributed by atoms with van der Waals surface area (Å²) in [5.74, 6) is 0.581. The van der Waals surface area contributed by atoms with Gasteiger partial charge in [-0.15, -0.1) is 0 Å². The van der Waals surface area contributed by atoms with Crippen LogP contribution < -0.4 is 4.74 Å². The largest absolute Gasteiger partial charge is 0.481 e. The van der Waals surface area contributed by atoms with Gasteiger partial charge in [0.15, 0.2) is 0 Å². The summed E-state index contributed by atoms with van der Waals surface area (Å²) in [5, 5.41) is 10.7. The third-order valence-corrected chi connectivity index (χ3v) is 3.59. The van der Waals surface area contributed by atoms with E-state index in [2.05, 4.69) is 4.98 Å². The van der Waals surface area contributed by atoms with Crippen LogP contribution in [-0.4, -0.2) is 17.2 Å². The summed E-state index contributed by atoms with van der Waals surface area (Å²) in [5.41, 5.74) is 0.00773. The third-order valence-electron chi connectivity index (χ3n) is 3.59. The summed E-state index contributed by atoms with van der Waals surface area (Å²) in [6.07, 6.45) is 7.51. The Hall–Kier alpha value is -1.09. The molecule has 0 saturated heterocycles. The molecule has 1 heterocycles. The normalized spacial score (nSPS) is 20.4. The van der Waals surface area contributed by atoms with Gasteiger partial charge in [-0.25, -0.2) is 4.98 Å². The topological polar surface area (TPSA) is 42.4 Å². The van der Waals surface area contributed by atoms with Crippen LogP contribution in [0.1, 0.15) is 50.6 Å². The van der Waals surface area contributed by atoms with Crippen molar-refractivity contribution >= 4 is 0 Å². The molecule has 0 spiro atoms. The minimum atomic E-state index is -0.755. The Labute approximate surface area is 103 Å². The molecular weight excluding hydrogens is 214 g/mol. The first-order valence-electron chi connectivity index (χ1n) is 6.48. The van der Waals surface area contributed by atoms with E-state index in [4.69, 9.17) is 4.74 Å². The van der Waals surface area contributed by atoms with Gasteiger partial charge in [0, 0.05) is 6.07 Å². The second-order valence-electron chi connectivity index (χ2n) is 4.86. The predicted molar refractivity (Wildman–Crippen MR) is 67.0 cm³/mol. The fourth-order valence-corrected chi connectivity index (χ4v) is 2.53. The van der Waals surface area contributed by atoms with Gasteiger partial charge in [-0.2, -0.15) is 0 Å². The van der Waals surface area contributed by atoms with Crippen molar-refractivity contribution in [2.45, 2.75) is 50.5 Å². The first-order valence-corrected chi connectivity index (χ1v) is 6.48. The summed E-state index contributed by atoms with van der Waals surface area (Å²) < 4.78 is 5.12. The van der Waals surface area contributed by atoms with Crippen molar-refractivity contribution in [1.29, 1.82) is 0 Å². The molecule has 0 atom stereocenters. The van der Waals surface area contributed by atoms with Crippen LogP contribution in [0, 0.1) is 0 Å². The molecule has 1 fully saturated rings. The molecule has 94 valence electrons. The van der Waals surface area contributed by atoms with Gasteiger partial charge >= 0.3 is 0 Å². The van der Waals surface area contributed by atoms with Gasteiger partial charge in [0.05, 0.1) is 12.8 Å². The van der Waals surface area contributed by atoms with Gasteiger partial charge in [-0.3, -0.25) is 0 Å². The summed E-state index contributed by atoms with van der Waals surface area (Å²) >= 11 is 0. The van der Waals surface area contributed by atoms with E-state index in [1.54, 1.807) is 7.11 Å². The van der Waals surface area contributed by atoms with Crippen molar-refractivity contribution < 1.29 is 9.84 Å². The van der Waals surface area contributed by atoms with Crippen LogP contribution in [0.15, 0.2) is 18.2 Å². The Morgan fingerprint density at radius 3 is 2.41 bits per heavy atom. The molecule has 0 amide bonds. The van der Waals surface area contributed by atoms with Crippen LogP contribution in [0.3, 0.4) is 0 Å². The zero-order chi connectivity index (χ0) is 12.1. The second kappa shape index (κ2) is 5.50. The zero-order valence-electron chi connectivity index (χ0n) is 10.5. The van der Waals surface area contributed by atoms with E-state index in [0.29, 0.717) is 5.88 Å². The van der Waals surface area contributed by atoms with Gasteiger partial charge in [0.1, 0.15) is 5.60 Å². The molecule has 17 heavy (non-hydrogen) atoms. The number of hydrogen-bond donors (Lipinski definition) is 1. The summed E-state index contributed by atoms with van der Waals surface area (Å²) in [7, 11) is 1.61. The number of pyridine rings is 1. The Kier molecular flexibility index (Phi) is 4.00. The Morgan fingerprint density at radius 1 is 1.12 bits per heavy atom. The molecule has 0 aromatic carbocycles. The van der Waals surface area contributed by atoms with Gasteiger partial charge in [0.25, 0.3) is 0 Å². The quantitative estimate of drug-likeness (QED) is 0.856. The fourth-order valence-electron chi connectivity index (χ4n) is 2.53.